The molecule has 1 aliphatic heterocycles. The van der Waals surface area contributed by atoms with Crippen molar-refractivity contribution in [2.24, 2.45) is 0 Å². The Balaban J connectivity index is 1.77. The molecule has 0 aliphatic carbocycles. The number of rotatable bonds is 6. The summed E-state index contributed by atoms with van der Waals surface area (Å²) >= 11 is 0. The van der Waals surface area contributed by atoms with Gasteiger partial charge in [-0.25, -0.2) is 4.39 Å². The quantitative estimate of drug-likeness (QED) is 0.740. The van der Waals surface area contributed by atoms with Gasteiger partial charge in [0.1, 0.15) is 24.5 Å². The molecule has 0 spiro atoms. The summed E-state index contributed by atoms with van der Waals surface area (Å²) < 4.78 is 20.0. The third-order valence-corrected chi connectivity index (χ3v) is 4.60. The average Bonchev–Trinajstić information content (AvgIpc) is 2.65. The first-order chi connectivity index (χ1) is 12.6. The molecule has 3 rings (SSSR count). The summed E-state index contributed by atoms with van der Waals surface area (Å²) in [6.45, 7) is 2.45. The normalized spacial score (nSPS) is 13.2. The molecule has 0 aromatic heterocycles. The van der Waals surface area contributed by atoms with Crippen LogP contribution in [0.4, 0.5) is 10.1 Å². The van der Waals surface area contributed by atoms with E-state index in [1.165, 1.54) is 6.07 Å². The molecule has 2 aromatic carbocycles. The van der Waals surface area contributed by atoms with Gasteiger partial charge in [0.25, 0.3) is 0 Å². The highest BCUT2D eigenvalue weighted by molar-refractivity contribution is 5.94. The monoisotopic (exact) mass is 355 g/mol. The van der Waals surface area contributed by atoms with Gasteiger partial charge in [-0.05, 0) is 48.1 Å². The Bertz CT molecular complexity index is 819. The van der Waals surface area contributed by atoms with E-state index < -0.39 is 0 Å². The number of nitrogens with zero attached hydrogens (tertiary/aromatic N) is 1. The summed E-state index contributed by atoms with van der Waals surface area (Å²) in [6.07, 6.45) is 3.34. The van der Waals surface area contributed by atoms with Crippen molar-refractivity contribution >= 4 is 17.9 Å². The van der Waals surface area contributed by atoms with Crippen LogP contribution in [0.5, 0.6) is 5.75 Å². The lowest BCUT2D eigenvalue weighted by Crippen LogP contribution is -2.33. The van der Waals surface area contributed by atoms with Crippen LogP contribution in [0.25, 0.3) is 0 Å². The zero-order chi connectivity index (χ0) is 18.5. The Morgan fingerprint density at radius 1 is 1.31 bits per heavy atom. The summed E-state index contributed by atoms with van der Waals surface area (Å²) in [5.41, 5.74) is 3.16. The van der Waals surface area contributed by atoms with Gasteiger partial charge in [-0.3, -0.25) is 4.79 Å². The molecule has 0 radical (unpaired) electrons. The second-order valence-electron chi connectivity index (χ2n) is 6.46. The fraction of sp³-hybridized carbons (Fsp3) is 0.333. The van der Waals surface area contributed by atoms with E-state index >= 15 is 0 Å². The van der Waals surface area contributed by atoms with Crippen LogP contribution in [0.3, 0.4) is 0 Å². The van der Waals surface area contributed by atoms with Gasteiger partial charge < -0.3 is 14.4 Å². The number of ether oxygens (including phenoxy) is 1. The number of hydrogen-bond donors (Lipinski definition) is 0. The summed E-state index contributed by atoms with van der Waals surface area (Å²) in [5.74, 6) is 0.309. The standard InChI is InChI=1S/C21H22FNO3/c1-15(25)23-11-3-6-18-5-2-8-20(21(18)23)26-14-16-9-10-17(7-4-12-24)19(22)13-16/h2,5,8-10,12-13H,3-4,6-7,11,14H2,1H3. The van der Waals surface area contributed by atoms with Gasteiger partial charge in [0, 0.05) is 19.9 Å². The summed E-state index contributed by atoms with van der Waals surface area (Å²) in [4.78, 5) is 24.1. The minimum absolute atomic E-state index is 0.00687. The number of anilines is 1. The predicted octanol–water partition coefficient (Wildman–Crippen LogP) is 3.84. The highest BCUT2D eigenvalue weighted by Crippen LogP contribution is 2.36. The molecule has 1 aliphatic rings. The minimum Gasteiger partial charge on any atom is -0.487 e. The third-order valence-electron chi connectivity index (χ3n) is 4.60. The first-order valence-corrected chi connectivity index (χ1v) is 8.84. The van der Waals surface area contributed by atoms with Crippen molar-refractivity contribution in [3.63, 3.8) is 0 Å². The van der Waals surface area contributed by atoms with Crippen LogP contribution in [-0.4, -0.2) is 18.7 Å². The number of amides is 1. The van der Waals surface area contributed by atoms with Crippen molar-refractivity contribution in [3.8, 4) is 5.75 Å². The van der Waals surface area contributed by atoms with E-state index in [0.29, 0.717) is 36.3 Å². The zero-order valence-corrected chi connectivity index (χ0v) is 14.8. The van der Waals surface area contributed by atoms with Crippen molar-refractivity contribution in [1.29, 1.82) is 0 Å². The predicted molar refractivity (Wildman–Crippen MR) is 97.9 cm³/mol. The number of carbonyl (C=O) groups excluding carboxylic acids is 2. The molecule has 0 saturated heterocycles. The largest absolute Gasteiger partial charge is 0.487 e. The Labute approximate surface area is 152 Å². The SMILES string of the molecule is CC(=O)N1CCCc2cccc(OCc3ccc(CCC=O)c(F)c3)c21. The molecule has 136 valence electrons. The second-order valence-corrected chi connectivity index (χ2v) is 6.46. The molecule has 0 fully saturated rings. The fourth-order valence-electron chi connectivity index (χ4n) is 3.31. The summed E-state index contributed by atoms with van der Waals surface area (Å²) in [7, 11) is 0. The molecule has 0 bridgehead atoms. The molecule has 4 nitrogen and oxygen atoms in total. The van der Waals surface area contributed by atoms with Gasteiger partial charge >= 0.3 is 0 Å². The number of aldehydes is 1. The fourth-order valence-corrected chi connectivity index (χ4v) is 3.31. The smallest absolute Gasteiger partial charge is 0.223 e. The van der Waals surface area contributed by atoms with Crippen molar-refractivity contribution in [2.75, 3.05) is 11.4 Å². The summed E-state index contributed by atoms with van der Waals surface area (Å²) in [5, 5.41) is 0. The van der Waals surface area contributed by atoms with E-state index in [-0.39, 0.29) is 18.3 Å². The molecule has 0 atom stereocenters. The van der Waals surface area contributed by atoms with Crippen LogP contribution in [0.1, 0.15) is 36.5 Å². The van der Waals surface area contributed by atoms with Crippen LogP contribution in [0, 0.1) is 5.82 Å². The Morgan fingerprint density at radius 3 is 2.88 bits per heavy atom. The molecule has 2 aromatic rings. The summed E-state index contributed by atoms with van der Waals surface area (Å²) in [6, 6.07) is 10.7. The first kappa shape index (κ1) is 18.1. The van der Waals surface area contributed by atoms with Crippen LogP contribution in [-0.2, 0) is 29.0 Å². The molecular weight excluding hydrogens is 333 g/mol. The average molecular weight is 355 g/mol. The Hall–Kier alpha value is -2.69. The van der Waals surface area contributed by atoms with E-state index in [1.807, 2.05) is 18.2 Å². The topological polar surface area (TPSA) is 46.6 Å². The minimum atomic E-state index is -0.326. The lowest BCUT2D eigenvalue weighted by atomic mass is 10.0. The molecule has 0 N–H and O–H groups in total. The van der Waals surface area contributed by atoms with Crippen molar-refractivity contribution < 1.29 is 18.7 Å². The lowest BCUT2D eigenvalue weighted by molar-refractivity contribution is -0.116. The number of hydrogen-bond acceptors (Lipinski definition) is 3. The number of para-hydroxylation sites is 1. The lowest BCUT2D eigenvalue weighted by Gasteiger charge is -2.30. The molecule has 1 amide bonds. The van der Waals surface area contributed by atoms with Gasteiger partial charge in [-0.1, -0.05) is 24.3 Å². The number of fused-ring (bicyclic) bond motifs is 1. The molecular formula is C21H22FNO3. The number of carbonyl (C=O) groups is 2. The van der Waals surface area contributed by atoms with Gasteiger partial charge in [0.05, 0.1) is 5.69 Å². The van der Waals surface area contributed by atoms with Crippen LogP contribution >= 0.6 is 0 Å². The van der Waals surface area contributed by atoms with Crippen molar-refractivity contribution in [2.45, 2.75) is 39.2 Å². The van der Waals surface area contributed by atoms with Gasteiger partial charge in [0.2, 0.25) is 5.91 Å². The first-order valence-electron chi connectivity index (χ1n) is 8.84. The number of benzene rings is 2. The maximum Gasteiger partial charge on any atom is 0.223 e. The number of halogens is 1. The molecule has 0 unspecified atom stereocenters. The maximum atomic E-state index is 14.1. The van der Waals surface area contributed by atoms with Crippen molar-refractivity contribution in [1.82, 2.24) is 0 Å². The van der Waals surface area contributed by atoms with Crippen LogP contribution in [0.15, 0.2) is 36.4 Å². The molecule has 1 heterocycles. The molecule has 0 saturated carbocycles. The Morgan fingerprint density at radius 2 is 2.15 bits per heavy atom. The van der Waals surface area contributed by atoms with Crippen molar-refractivity contribution in [3.05, 3.63) is 58.9 Å². The highest BCUT2D eigenvalue weighted by Gasteiger charge is 2.23. The maximum absolute atomic E-state index is 14.1. The number of aryl methyl sites for hydroxylation is 2. The van der Waals surface area contributed by atoms with E-state index in [0.717, 1.165) is 30.4 Å². The van der Waals surface area contributed by atoms with Gasteiger partial charge in [-0.15, -0.1) is 0 Å². The van der Waals surface area contributed by atoms with E-state index in [4.69, 9.17) is 4.74 Å². The highest BCUT2D eigenvalue weighted by atomic mass is 19.1. The Kier molecular flexibility index (Phi) is 5.66. The third kappa shape index (κ3) is 3.93. The van der Waals surface area contributed by atoms with E-state index in [2.05, 4.69) is 0 Å². The molecule has 26 heavy (non-hydrogen) atoms. The van der Waals surface area contributed by atoms with Gasteiger partial charge in [-0.2, -0.15) is 0 Å². The zero-order valence-electron chi connectivity index (χ0n) is 14.8. The molecule has 5 heteroatoms. The van der Waals surface area contributed by atoms with E-state index in [1.54, 1.807) is 24.0 Å². The second kappa shape index (κ2) is 8.13. The van der Waals surface area contributed by atoms with Crippen LogP contribution in [0.2, 0.25) is 0 Å². The van der Waals surface area contributed by atoms with E-state index in [9.17, 15) is 14.0 Å². The van der Waals surface area contributed by atoms with Crippen LogP contribution < -0.4 is 9.64 Å². The van der Waals surface area contributed by atoms with Gasteiger partial charge in [0.15, 0.2) is 0 Å².